The number of hydrogen-bond donors (Lipinski definition) is 3. The van der Waals surface area contributed by atoms with Crippen molar-refractivity contribution in [3.05, 3.63) is 146 Å². The van der Waals surface area contributed by atoms with E-state index in [2.05, 4.69) is 44.9 Å². The van der Waals surface area contributed by atoms with Crippen LogP contribution in [0, 0.1) is 0 Å². The lowest BCUT2D eigenvalue weighted by Gasteiger charge is -2.23. The first-order valence-electron chi connectivity index (χ1n) is 20.5. The van der Waals surface area contributed by atoms with Crippen molar-refractivity contribution in [1.29, 1.82) is 0 Å². The number of hydrogen-bond acceptors (Lipinski definition) is 16. The van der Waals surface area contributed by atoms with E-state index in [9.17, 15) is 25.3 Å². The van der Waals surface area contributed by atoms with Crippen molar-refractivity contribution < 1.29 is 25.3 Å². The van der Waals surface area contributed by atoms with Crippen molar-refractivity contribution in [3.63, 3.8) is 0 Å². The number of nitrogens with zero attached hydrogens (tertiary/aromatic N) is 10. The van der Waals surface area contributed by atoms with Gasteiger partial charge < -0.3 is 14.7 Å². The number of azo groups is 3. The van der Waals surface area contributed by atoms with Crippen LogP contribution in [0.3, 0.4) is 0 Å². The average molecular weight is 966 g/mol. The normalized spacial score (nSPS) is 12.4. The van der Waals surface area contributed by atoms with E-state index in [4.69, 9.17) is 0 Å². The van der Waals surface area contributed by atoms with Gasteiger partial charge in [0.1, 0.15) is 0 Å². The van der Waals surface area contributed by atoms with E-state index in [-0.39, 0.29) is 14.7 Å². The first-order chi connectivity index (χ1) is 31.9. The predicted octanol–water partition coefficient (Wildman–Crippen LogP) is 8.54. The van der Waals surface area contributed by atoms with Gasteiger partial charge >= 0.3 is 0 Å². The molecule has 0 amide bonds. The summed E-state index contributed by atoms with van der Waals surface area (Å²) in [5.74, 6) is 0. The van der Waals surface area contributed by atoms with Gasteiger partial charge in [-0.3, -0.25) is 4.90 Å². The standard InChI is InChI=1S/C45H51N13O6S3/c1-55(2)40-19-7-34(8-20-40)49-52-37-13-25-43(26-14-37)65(59,60)46-31-58(32-47-66(61,62)44-27-15-38(16-28-44)53-50-35-9-21-41(22-10-35)56(3)4)33-48-67(63,64)45-29-17-39(18-30-45)54-51-36-11-23-42(24-12-36)57(5)6/h7-30,46-48H,31-33H2,1-6H3. The summed E-state index contributed by atoms with van der Waals surface area (Å²) in [7, 11) is -1.05. The zero-order valence-electron chi connectivity index (χ0n) is 37.6. The van der Waals surface area contributed by atoms with Crippen molar-refractivity contribution in [1.82, 2.24) is 19.1 Å². The molecule has 19 nitrogen and oxygen atoms in total. The van der Waals surface area contributed by atoms with Crippen molar-refractivity contribution >= 4 is 81.3 Å². The van der Waals surface area contributed by atoms with Gasteiger partial charge in [0, 0.05) is 59.3 Å². The smallest absolute Gasteiger partial charge is 0.241 e. The lowest BCUT2D eigenvalue weighted by molar-refractivity contribution is 0.263. The zero-order chi connectivity index (χ0) is 48.2. The summed E-state index contributed by atoms with van der Waals surface area (Å²) >= 11 is 0. The maximum absolute atomic E-state index is 13.5. The quantitative estimate of drug-likeness (QED) is 0.0460. The van der Waals surface area contributed by atoms with E-state index in [1.54, 1.807) is 0 Å². The van der Waals surface area contributed by atoms with E-state index in [0.29, 0.717) is 34.1 Å². The van der Waals surface area contributed by atoms with Gasteiger partial charge in [-0.15, -0.1) is 0 Å². The van der Waals surface area contributed by atoms with Crippen LogP contribution in [0.15, 0.2) is 191 Å². The third-order valence-corrected chi connectivity index (χ3v) is 14.0. The summed E-state index contributed by atoms with van der Waals surface area (Å²) in [5.41, 5.74) is 6.02. The first kappa shape index (κ1) is 49.6. The van der Waals surface area contributed by atoms with Gasteiger partial charge in [0.2, 0.25) is 30.1 Å². The van der Waals surface area contributed by atoms with Crippen LogP contribution in [-0.2, 0) is 30.1 Å². The largest absolute Gasteiger partial charge is 0.378 e. The van der Waals surface area contributed by atoms with Gasteiger partial charge in [0.05, 0.1) is 68.8 Å². The molecule has 6 rings (SSSR count). The monoisotopic (exact) mass is 965 g/mol. The van der Waals surface area contributed by atoms with Gasteiger partial charge in [-0.2, -0.15) is 44.9 Å². The van der Waals surface area contributed by atoms with E-state index < -0.39 is 50.1 Å². The fourth-order valence-electron chi connectivity index (χ4n) is 5.82. The second kappa shape index (κ2) is 22.1. The molecule has 0 aromatic heterocycles. The van der Waals surface area contributed by atoms with Crippen LogP contribution >= 0.6 is 0 Å². The molecule has 0 aliphatic carbocycles. The molecule has 0 unspecified atom stereocenters. The van der Waals surface area contributed by atoms with Crippen molar-refractivity contribution in [3.8, 4) is 0 Å². The van der Waals surface area contributed by atoms with Gasteiger partial charge in [0.25, 0.3) is 0 Å². The second-order valence-electron chi connectivity index (χ2n) is 15.4. The van der Waals surface area contributed by atoms with Gasteiger partial charge in [-0.25, -0.2) is 25.3 Å². The minimum atomic E-state index is -4.20. The van der Waals surface area contributed by atoms with Crippen LogP contribution in [0.4, 0.5) is 51.2 Å². The van der Waals surface area contributed by atoms with Gasteiger partial charge in [0.15, 0.2) is 0 Å². The molecule has 0 radical (unpaired) electrons. The van der Waals surface area contributed by atoms with Crippen LogP contribution in [0.2, 0.25) is 0 Å². The Bertz CT molecular complexity index is 2680. The Morgan fingerprint density at radius 2 is 0.493 bits per heavy atom. The predicted molar refractivity (Wildman–Crippen MR) is 262 cm³/mol. The van der Waals surface area contributed by atoms with Crippen LogP contribution < -0.4 is 28.9 Å². The van der Waals surface area contributed by atoms with Crippen molar-refractivity contribution in [2.24, 2.45) is 30.7 Å². The number of nitrogens with one attached hydrogen (secondary N) is 3. The highest BCUT2D eigenvalue weighted by Crippen LogP contribution is 2.26. The molecule has 350 valence electrons. The molecule has 0 saturated carbocycles. The molecule has 6 aromatic carbocycles. The lowest BCUT2D eigenvalue weighted by atomic mass is 10.3. The fourth-order valence-corrected chi connectivity index (χ4v) is 8.86. The molecule has 67 heavy (non-hydrogen) atoms. The molecule has 3 N–H and O–H groups in total. The van der Waals surface area contributed by atoms with Crippen LogP contribution in [0.1, 0.15) is 0 Å². The molecule has 0 heterocycles. The minimum Gasteiger partial charge on any atom is -0.378 e. The van der Waals surface area contributed by atoms with E-state index >= 15 is 0 Å². The molecule has 0 fully saturated rings. The van der Waals surface area contributed by atoms with Crippen LogP contribution in [-0.4, -0.2) is 92.4 Å². The fraction of sp³-hybridized carbons (Fsp3) is 0.200. The van der Waals surface area contributed by atoms with Crippen molar-refractivity contribution in [2.45, 2.75) is 14.7 Å². The average Bonchev–Trinajstić information content (AvgIpc) is 3.32. The van der Waals surface area contributed by atoms with Crippen LogP contribution in [0.5, 0.6) is 0 Å². The van der Waals surface area contributed by atoms with E-state index in [0.717, 1.165) is 17.1 Å². The molecule has 22 heteroatoms. The number of sulfonamides is 3. The number of rotatable bonds is 21. The molecule has 0 aliphatic heterocycles. The van der Waals surface area contributed by atoms with E-state index in [1.165, 1.54) is 77.7 Å². The molecule has 0 aliphatic rings. The molecule has 0 atom stereocenters. The molecule has 0 saturated heterocycles. The number of benzene rings is 6. The molecule has 0 bridgehead atoms. The Morgan fingerprint density at radius 3 is 0.672 bits per heavy atom. The maximum atomic E-state index is 13.5. The highest BCUT2D eigenvalue weighted by Gasteiger charge is 2.22. The van der Waals surface area contributed by atoms with Crippen LogP contribution in [0.25, 0.3) is 0 Å². The summed E-state index contributed by atoms with van der Waals surface area (Å²) in [6.45, 7) is -1.54. The van der Waals surface area contributed by atoms with Crippen molar-refractivity contribution in [2.75, 3.05) is 77.0 Å². The molecular formula is C45H51N13O6S3. The minimum absolute atomic E-state index is 0.117. The third kappa shape index (κ3) is 14.4. The van der Waals surface area contributed by atoms with Gasteiger partial charge in [-0.05, 0) is 146 Å². The third-order valence-electron chi connectivity index (χ3n) is 9.82. The highest BCUT2D eigenvalue weighted by atomic mass is 32.2. The Kier molecular flexibility index (Phi) is 16.4. The van der Waals surface area contributed by atoms with E-state index in [1.807, 2.05) is 130 Å². The molecule has 6 aromatic rings. The Hall–Kier alpha value is -6.79. The highest BCUT2D eigenvalue weighted by molar-refractivity contribution is 7.90. The first-order valence-corrected chi connectivity index (χ1v) is 24.9. The Labute approximate surface area is 391 Å². The van der Waals surface area contributed by atoms with Gasteiger partial charge in [-0.1, -0.05) is 0 Å². The summed E-state index contributed by atoms with van der Waals surface area (Å²) in [5, 5.41) is 25.2. The summed E-state index contributed by atoms with van der Waals surface area (Å²) in [4.78, 5) is 6.72. The summed E-state index contributed by atoms with van der Waals surface area (Å²) < 4.78 is 88.2. The Morgan fingerprint density at radius 1 is 0.313 bits per heavy atom. The zero-order valence-corrected chi connectivity index (χ0v) is 40.1. The molecule has 0 spiro atoms. The lowest BCUT2D eigenvalue weighted by Crippen LogP contribution is -2.48. The second-order valence-corrected chi connectivity index (χ2v) is 20.7. The topological polar surface area (TPSA) is 226 Å². The maximum Gasteiger partial charge on any atom is 0.241 e. The number of anilines is 3. The molecular weight excluding hydrogens is 915 g/mol. The summed E-state index contributed by atoms with van der Waals surface area (Å²) in [6.07, 6.45) is 0. The Balaban J connectivity index is 1.13. The summed E-state index contributed by atoms with van der Waals surface area (Å²) in [6, 6.07) is 39.2. The SMILES string of the molecule is CN(C)c1ccc(N=Nc2ccc(S(=O)(=O)NCN(CNS(=O)(=O)c3ccc(N=Nc4ccc(N(C)C)cc4)cc3)CNS(=O)(=O)c3ccc(N=Nc4ccc(N(C)C)cc4)cc3)cc2)cc1.